The number of carboxylic acid groups (broad SMARTS) is 1. The van der Waals surface area contributed by atoms with Crippen molar-refractivity contribution >= 4 is 5.97 Å². The van der Waals surface area contributed by atoms with Crippen molar-refractivity contribution in [2.75, 3.05) is 20.1 Å². The number of hydrogen-bond donors (Lipinski definition) is 2. The van der Waals surface area contributed by atoms with Crippen LogP contribution in [0.2, 0.25) is 0 Å². The van der Waals surface area contributed by atoms with E-state index >= 15 is 0 Å². The van der Waals surface area contributed by atoms with Crippen LogP contribution in [0.1, 0.15) is 28.2 Å². The number of likely N-dealkylation sites (N-methyl/N-ethyl adjacent to an activating group) is 1. The Balaban J connectivity index is 1.69. The fraction of sp³-hybridized carbons (Fsp3) is 0.368. The number of rotatable bonds is 10. The van der Waals surface area contributed by atoms with Gasteiger partial charge in [-0.2, -0.15) is 0 Å². The fourth-order valence-electron chi connectivity index (χ4n) is 2.59. The molecule has 0 amide bonds. The predicted octanol–water partition coefficient (Wildman–Crippen LogP) is 2.29. The molecule has 0 aliphatic carbocycles. The zero-order chi connectivity index (χ0) is 18.2. The molecule has 0 spiro atoms. The van der Waals surface area contributed by atoms with Crippen molar-refractivity contribution in [3.8, 4) is 0 Å². The van der Waals surface area contributed by atoms with Gasteiger partial charge in [-0.15, -0.1) is 0 Å². The van der Waals surface area contributed by atoms with Gasteiger partial charge in [-0.3, -0.25) is 4.98 Å². The van der Waals surface area contributed by atoms with E-state index in [2.05, 4.69) is 51.7 Å². The monoisotopic (exact) mass is 342 g/mol. The summed E-state index contributed by atoms with van der Waals surface area (Å²) in [6, 6.07) is 7.29. The second-order valence-electron chi connectivity index (χ2n) is 6.15. The standard InChI is InChI=1S/C19H26N4O2/c1-15(22(2)10-4-6-18-7-5-11-23(18)3)13-20-14-17-12-16(19(24)25)8-9-21-17/h5,7-9,11-12,20H,1,4,6,10,13-14H2,2-3H3,(H,24,25). The van der Waals surface area contributed by atoms with Crippen molar-refractivity contribution in [1.82, 2.24) is 19.8 Å². The molecule has 6 heteroatoms. The molecule has 0 saturated heterocycles. The van der Waals surface area contributed by atoms with Crippen LogP contribution in [-0.4, -0.2) is 45.7 Å². The van der Waals surface area contributed by atoms with Gasteiger partial charge >= 0.3 is 5.97 Å². The van der Waals surface area contributed by atoms with Gasteiger partial charge in [0.05, 0.1) is 11.3 Å². The van der Waals surface area contributed by atoms with E-state index in [-0.39, 0.29) is 5.56 Å². The minimum Gasteiger partial charge on any atom is -0.478 e. The molecule has 0 aliphatic rings. The van der Waals surface area contributed by atoms with Crippen molar-refractivity contribution in [3.05, 3.63) is 65.9 Å². The van der Waals surface area contributed by atoms with Crippen LogP contribution < -0.4 is 5.32 Å². The number of nitrogens with one attached hydrogen (secondary N) is 1. The molecule has 6 nitrogen and oxygen atoms in total. The smallest absolute Gasteiger partial charge is 0.335 e. The maximum Gasteiger partial charge on any atom is 0.335 e. The summed E-state index contributed by atoms with van der Waals surface area (Å²) in [6.45, 7) is 6.20. The van der Waals surface area contributed by atoms with E-state index in [1.807, 2.05) is 7.05 Å². The van der Waals surface area contributed by atoms with Gasteiger partial charge in [-0.05, 0) is 37.1 Å². The first kappa shape index (κ1) is 18.7. The highest BCUT2D eigenvalue weighted by molar-refractivity contribution is 5.87. The lowest BCUT2D eigenvalue weighted by atomic mass is 10.2. The van der Waals surface area contributed by atoms with Crippen molar-refractivity contribution in [2.24, 2.45) is 7.05 Å². The molecule has 2 N–H and O–H groups in total. The highest BCUT2D eigenvalue weighted by atomic mass is 16.4. The maximum atomic E-state index is 11.0. The third-order valence-electron chi connectivity index (χ3n) is 4.22. The van der Waals surface area contributed by atoms with Crippen LogP contribution in [0.4, 0.5) is 0 Å². The molecule has 0 atom stereocenters. The molecule has 0 unspecified atom stereocenters. The van der Waals surface area contributed by atoms with Gasteiger partial charge in [-0.1, -0.05) is 6.58 Å². The minimum absolute atomic E-state index is 0.253. The lowest BCUT2D eigenvalue weighted by Gasteiger charge is -2.22. The van der Waals surface area contributed by atoms with Gasteiger partial charge < -0.3 is 19.9 Å². The number of pyridine rings is 1. The van der Waals surface area contributed by atoms with Gasteiger partial charge in [0.1, 0.15) is 0 Å². The van der Waals surface area contributed by atoms with Crippen LogP contribution in [-0.2, 0) is 20.0 Å². The highest BCUT2D eigenvalue weighted by Crippen LogP contribution is 2.06. The molecule has 0 bridgehead atoms. The van der Waals surface area contributed by atoms with Crippen LogP contribution in [0.15, 0.2) is 48.9 Å². The van der Waals surface area contributed by atoms with E-state index in [0.717, 1.165) is 25.1 Å². The molecule has 2 heterocycles. The second-order valence-corrected chi connectivity index (χ2v) is 6.15. The van der Waals surface area contributed by atoms with Crippen molar-refractivity contribution in [2.45, 2.75) is 19.4 Å². The summed E-state index contributed by atoms with van der Waals surface area (Å²) in [5.74, 6) is -0.939. The van der Waals surface area contributed by atoms with Crippen LogP contribution in [0, 0.1) is 0 Å². The molecule has 0 aliphatic heterocycles. The molecule has 2 rings (SSSR count). The summed E-state index contributed by atoms with van der Waals surface area (Å²) in [6.07, 6.45) is 5.69. The third kappa shape index (κ3) is 5.76. The molecule has 2 aromatic rings. The third-order valence-corrected chi connectivity index (χ3v) is 4.22. The molecule has 0 saturated carbocycles. The molecule has 0 aromatic carbocycles. The summed E-state index contributed by atoms with van der Waals surface area (Å²) < 4.78 is 2.15. The Hall–Kier alpha value is -2.60. The van der Waals surface area contributed by atoms with Crippen molar-refractivity contribution in [1.29, 1.82) is 0 Å². The molecule has 2 aromatic heterocycles. The Labute approximate surface area is 148 Å². The van der Waals surface area contributed by atoms with Crippen LogP contribution >= 0.6 is 0 Å². The van der Waals surface area contributed by atoms with E-state index in [9.17, 15) is 4.79 Å². The Morgan fingerprint density at radius 3 is 2.92 bits per heavy atom. The molecular formula is C19H26N4O2. The largest absolute Gasteiger partial charge is 0.478 e. The summed E-state index contributed by atoms with van der Waals surface area (Å²) in [5.41, 5.74) is 3.30. The minimum atomic E-state index is -0.939. The van der Waals surface area contributed by atoms with E-state index in [0.29, 0.717) is 18.8 Å². The van der Waals surface area contributed by atoms with Gasteiger partial charge in [0.2, 0.25) is 0 Å². The first-order chi connectivity index (χ1) is 12.0. The van der Waals surface area contributed by atoms with Crippen molar-refractivity contribution < 1.29 is 9.90 Å². The Bertz CT molecular complexity index is 724. The lowest BCUT2D eigenvalue weighted by molar-refractivity contribution is 0.0696. The van der Waals surface area contributed by atoms with Gasteiger partial charge in [-0.25, -0.2) is 4.79 Å². The number of carboxylic acids is 1. The topological polar surface area (TPSA) is 70.4 Å². The first-order valence-electron chi connectivity index (χ1n) is 8.35. The Morgan fingerprint density at radius 1 is 1.44 bits per heavy atom. The zero-order valence-corrected chi connectivity index (χ0v) is 14.9. The molecule has 25 heavy (non-hydrogen) atoms. The van der Waals surface area contributed by atoms with Crippen molar-refractivity contribution in [3.63, 3.8) is 0 Å². The number of aromatic nitrogens is 2. The van der Waals surface area contributed by atoms with Gasteiger partial charge in [0.15, 0.2) is 0 Å². The molecule has 134 valence electrons. The fourth-order valence-corrected chi connectivity index (χ4v) is 2.59. The number of hydrogen-bond acceptors (Lipinski definition) is 4. The Morgan fingerprint density at radius 2 is 2.24 bits per heavy atom. The maximum absolute atomic E-state index is 11.0. The number of nitrogens with zero attached hydrogens (tertiary/aromatic N) is 3. The number of carbonyl (C=O) groups is 1. The number of aromatic carboxylic acids is 1. The van der Waals surface area contributed by atoms with Crippen LogP contribution in [0.25, 0.3) is 0 Å². The highest BCUT2D eigenvalue weighted by Gasteiger charge is 2.06. The van der Waals surface area contributed by atoms with Crippen LogP contribution in [0.3, 0.4) is 0 Å². The summed E-state index contributed by atoms with van der Waals surface area (Å²) in [4.78, 5) is 17.3. The van der Waals surface area contributed by atoms with E-state index in [1.54, 1.807) is 6.07 Å². The summed E-state index contributed by atoms with van der Waals surface area (Å²) in [5, 5.41) is 12.3. The predicted molar refractivity (Wildman–Crippen MR) is 98.4 cm³/mol. The van der Waals surface area contributed by atoms with Gasteiger partial charge in [0, 0.05) is 57.5 Å². The molecule has 0 radical (unpaired) electrons. The van der Waals surface area contributed by atoms with Crippen LogP contribution in [0.5, 0.6) is 0 Å². The van der Waals surface area contributed by atoms with E-state index < -0.39 is 5.97 Å². The molecule has 0 fully saturated rings. The van der Waals surface area contributed by atoms with Gasteiger partial charge in [0.25, 0.3) is 0 Å². The summed E-state index contributed by atoms with van der Waals surface area (Å²) in [7, 11) is 4.10. The van der Waals surface area contributed by atoms with E-state index in [1.165, 1.54) is 18.0 Å². The average Bonchev–Trinajstić information content (AvgIpc) is 3.00. The quantitative estimate of drug-likeness (QED) is 0.693. The lowest BCUT2D eigenvalue weighted by Crippen LogP contribution is -2.27. The summed E-state index contributed by atoms with van der Waals surface area (Å²) >= 11 is 0. The van der Waals surface area contributed by atoms with E-state index in [4.69, 9.17) is 5.11 Å². The zero-order valence-electron chi connectivity index (χ0n) is 14.9. The SMILES string of the molecule is C=C(CNCc1cc(C(=O)O)ccn1)N(C)CCCc1cccn1C. The Kier molecular flexibility index (Phi) is 6.77. The first-order valence-corrected chi connectivity index (χ1v) is 8.35. The normalized spacial score (nSPS) is 10.6. The number of aryl methyl sites for hydroxylation is 2. The second kappa shape index (κ2) is 9.03. The average molecular weight is 342 g/mol. The molecular weight excluding hydrogens is 316 g/mol.